The van der Waals surface area contributed by atoms with Gasteiger partial charge in [0.1, 0.15) is 5.82 Å². The molecule has 0 atom stereocenters. The van der Waals surface area contributed by atoms with E-state index in [4.69, 9.17) is 16.3 Å². The van der Waals surface area contributed by atoms with Gasteiger partial charge in [-0.3, -0.25) is 9.59 Å². The lowest BCUT2D eigenvalue weighted by atomic mass is 10.2. The molecule has 2 aromatic rings. The van der Waals surface area contributed by atoms with E-state index in [2.05, 4.69) is 5.32 Å². The molecule has 0 spiro atoms. The highest BCUT2D eigenvalue weighted by Gasteiger charge is 2.08. The molecule has 0 aliphatic heterocycles. The molecule has 0 unspecified atom stereocenters. The first kappa shape index (κ1) is 19.3. The van der Waals surface area contributed by atoms with Gasteiger partial charge in [-0.2, -0.15) is 0 Å². The average Bonchev–Trinajstić information content (AvgIpc) is 2.61. The van der Waals surface area contributed by atoms with Gasteiger partial charge in [-0.05, 0) is 42.0 Å². The monoisotopic (exact) mass is 381 g/mol. The SMILES string of the molecule is O=C(COC(=O)CCSc1ccc(F)cc1)NCc1ccc(Cl)cc1. The van der Waals surface area contributed by atoms with Crippen molar-refractivity contribution in [2.45, 2.75) is 17.9 Å². The van der Waals surface area contributed by atoms with E-state index in [1.807, 2.05) is 0 Å². The van der Waals surface area contributed by atoms with Crippen molar-refractivity contribution < 1.29 is 18.7 Å². The first-order valence-corrected chi connectivity index (χ1v) is 8.94. The molecule has 132 valence electrons. The number of benzene rings is 2. The Morgan fingerprint density at radius 2 is 1.76 bits per heavy atom. The minimum Gasteiger partial charge on any atom is -0.456 e. The summed E-state index contributed by atoms with van der Waals surface area (Å²) in [6.07, 6.45) is 0.173. The zero-order chi connectivity index (χ0) is 18.1. The number of halogens is 2. The Morgan fingerprint density at radius 1 is 1.08 bits per heavy atom. The van der Waals surface area contributed by atoms with Gasteiger partial charge in [-0.1, -0.05) is 23.7 Å². The van der Waals surface area contributed by atoms with Crippen LogP contribution in [0.25, 0.3) is 0 Å². The van der Waals surface area contributed by atoms with Gasteiger partial charge < -0.3 is 10.1 Å². The molecule has 0 aliphatic rings. The van der Waals surface area contributed by atoms with Gasteiger partial charge in [0.2, 0.25) is 0 Å². The van der Waals surface area contributed by atoms with Crippen molar-refractivity contribution in [3.8, 4) is 0 Å². The zero-order valence-electron chi connectivity index (χ0n) is 13.3. The van der Waals surface area contributed by atoms with Crippen LogP contribution in [-0.2, 0) is 20.9 Å². The van der Waals surface area contributed by atoms with E-state index < -0.39 is 5.97 Å². The van der Waals surface area contributed by atoms with Gasteiger partial charge in [-0.15, -0.1) is 11.8 Å². The third-order valence-electron chi connectivity index (χ3n) is 3.16. The van der Waals surface area contributed by atoms with Crippen molar-refractivity contribution in [3.05, 3.63) is 64.9 Å². The fraction of sp³-hybridized carbons (Fsp3) is 0.222. The van der Waals surface area contributed by atoms with Crippen molar-refractivity contribution in [3.63, 3.8) is 0 Å². The Labute approximate surface area is 154 Å². The zero-order valence-corrected chi connectivity index (χ0v) is 14.9. The molecule has 2 aromatic carbocycles. The summed E-state index contributed by atoms with van der Waals surface area (Å²) in [6.45, 7) is 0.0294. The third-order valence-corrected chi connectivity index (χ3v) is 4.42. The van der Waals surface area contributed by atoms with Crippen LogP contribution in [0.5, 0.6) is 0 Å². The number of carbonyl (C=O) groups is 2. The van der Waals surface area contributed by atoms with Crippen molar-refractivity contribution in [2.24, 2.45) is 0 Å². The van der Waals surface area contributed by atoms with Crippen LogP contribution in [-0.4, -0.2) is 24.2 Å². The fourth-order valence-electron chi connectivity index (χ4n) is 1.86. The highest BCUT2D eigenvalue weighted by Crippen LogP contribution is 2.18. The molecule has 0 bridgehead atoms. The Hall–Kier alpha value is -2.05. The van der Waals surface area contributed by atoms with Crippen molar-refractivity contribution >= 4 is 35.2 Å². The standard InChI is InChI=1S/C18H17ClFNO3S/c19-14-3-1-13(2-4-14)11-21-17(22)12-24-18(23)9-10-25-16-7-5-15(20)6-8-16/h1-8H,9-12H2,(H,21,22). The summed E-state index contributed by atoms with van der Waals surface area (Å²) in [5, 5.41) is 3.29. The molecular weight excluding hydrogens is 365 g/mol. The van der Waals surface area contributed by atoms with E-state index in [0.717, 1.165) is 10.5 Å². The van der Waals surface area contributed by atoms with Gasteiger partial charge in [0.25, 0.3) is 5.91 Å². The molecular formula is C18H17ClFNO3S. The molecule has 2 rings (SSSR count). The number of ether oxygens (including phenoxy) is 1. The summed E-state index contributed by atoms with van der Waals surface area (Å²) in [7, 11) is 0. The summed E-state index contributed by atoms with van der Waals surface area (Å²) < 4.78 is 17.7. The number of thioether (sulfide) groups is 1. The van der Waals surface area contributed by atoms with E-state index in [-0.39, 0.29) is 24.8 Å². The number of amides is 1. The molecule has 0 heterocycles. The smallest absolute Gasteiger partial charge is 0.307 e. The summed E-state index contributed by atoms with van der Waals surface area (Å²) >= 11 is 7.20. The lowest BCUT2D eigenvalue weighted by Crippen LogP contribution is -2.28. The largest absolute Gasteiger partial charge is 0.456 e. The van der Waals surface area contributed by atoms with E-state index in [9.17, 15) is 14.0 Å². The number of esters is 1. The maximum absolute atomic E-state index is 12.8. The molecule has 1 amide bonds. The van der Waals surface area contributed by atoms with E-state index in [1.54, 1.807) is 36.4 Å². The van der Waals surface area contributed by atoms with Gasteiger partial charge in [0, 0.05) is 22.2 Å². The number of nitrogens with one attached hydrogen (secondary N) is 1. The second-order valence-electron chi connectivity index (χ2n) is 5.12. The third kappa shape index (κ3) is 7.58. The summed E-state index contributed by atoms with van der Waals surface area (Å²) in [5.74, 6) is -0.615. The van der Waals surface area contributed by atoms with Gasteiger partial charge >= 0.3 is 5.97 Å². The lowest BCUT2D eigenvalue weighted by Gasteiger charge is -2.07. The average molecular weight is 382 g/mol. The summed E-state index contributed by atoms with van der Waals surface area (Å²) in [5.41, 5.74) is 0.903. The molecule has 0 fully saturated rings. The normalized spacial score (nSPS) is 10.3. The van der Waals surface area contributed by atoms with Crippen molar-refractivity contribution in [2.75, 3.05) is 12.4 Å². The Kier molecular flexibility index (Phi) is 7.76. The van der Waals surface area contributed by atoms with Crippen LogP contribution >= 0.6 is 23.4 Å². The fourth-order valence-corrected chi connectivity index (χ4v) is 2.81. The van der Waals surface area contributed by atoms with Crippen LogP contribution in [0.3, 0.4) is 0 Å². The summed E-state index contributed by atoms with van der Waals surface area (Å²) in [4.78, 5) is 24.1. The predicted octanol–water partition coefficient (Wildman–Crippen LogP) is 3.82. The van der Waals surface area contributed by atoms with Gasteiger partial charge in [0.05, 0.1) is 6.42 Å². The van der Waals surface area contributed by atoms with Crippen LogP contribution in [0, 0.1) is 5.82 Å². The maximum Gasteiger partial charge on any atom is 0.307 e. The molecule has 7 heteroatoms. The molecule has 0 radical (unpaired) electrons. The van der Waals surface area contributed by atoms with Crippen molar-refractivity contribution in [1.82, 2.24) is 5.32 Å². The molecule has 0 aromatic heterocycles. The van der Waals surface area contributed by atoms with E-state index in [0.29, 0.717) is 17.3 Å². The van der Waals surface area contributed by atoms with Crippen molar-refractivity contribution in [1.29, 1.82) is 0 Å². The minimum absolute atomic E-state index is 0.173. The van der Waals surface area contributed by atoms with Crippen LogP contribution in [0.2, 0.25) is 5.02 Å². The van der Waals surface area contributed by atoms with Crippen LogP contribution < -0.4 is 5.32 Å². The Morgan fingerprint density at radius 3 is 2.44 bits per heavy atom. The number of rotatable bonds is 8. The van der Waals surface area contributed by atoms with Gasteiger partial charge in [-0.25, -0.2) is 4.39 Å². The predicted molar refractivity (Wildman–Crippen MR) is 96.0 cm³/mol. The topological polar surface area (TPSA) is 55.4 Å². The van der Waals surface area contributed by atoms with Crippen LogP contribution in [0.1, 0.15) is 12.0 Å². The van der Waals surface area contributed by atoms with E-state index >= 15 is 0 Å². The Balaban J connectivity index is 1.59. The molecule has 0 saturated carbocycles. The summed E-state index contributed by atoms with van der Waals surface area (Å²) in [6, 6.07) is 13.1. The van der Waals surface area contributed by atoms with E-state index in [1.165, 1.54) is 23.9 Å². The molecule has 4 nitrogen and oxygen atoms in total. The van der Waals surface area contributed by atoms with Gasteiger partial charge in [0.15, 0.2) is 6.61 Å². The molecule has 0 aliphatic carbocycles. The quantitative estimate of drug-likeness (QED) is 0.558. The number of carbonyl (C=O) groups excluding carboxylic acids is 2. The molecule has 0 saturated heterocycles. The first-order chi connectivity index (χ1) is 12.0. The molecule has 1 N–H and O–H groups in total. The number of hydrogen-bond acceptors (Lipinski definition) is 4. The lowest BCUT2D eigenvalue weighted by molar-refractivity contribution is -0.148. The Bertz CT molecular complexity index is 707. The highest BCUT2D eigenvalue weighted by atomic mass is 35.5. The first-order valence-electron chi connectivity index (χ1n) is 7.58. The van der Waals surface area contributed by atoms with Crippen LogP contribution in [0.15, 0.2) is 53.4 Å². The van der Waals surface area contributed by atoms with Crippen LogP contribution in [0.4, 0.5) is 4.39 Å². The maximum atomic E-state index is 12.8. The second-order valence-corrected chi connectivity index (χ2v) is 6.72. The molecule has 25 heavy (non-hydrogen) atoms. The number of hydrogen-bond donors (Lipinski definition) is 1. The second kappa shape index (κ2) is 10.1. The minimum atomic E-state index is -0.448. The highest BCUT2D eigenvalue weighted by molar-refractivity contribution is 7.99.